The molecule has 0 spiro atoms. The first-order valence-electron chi connectivity index (χ1n) is 6.13. The summed E-state index contributed by atoms with van der Waals surface area (Å²) in [4.78, 5) is 11.1. The number of aromatic nitrogens is 2. The molecule has 1 aliphatic heterocycles. The molecule has 104 valence electrons. The van der Waals surface area contributed by atoms with Crippen LogP contribution in [0.15, 0.2) is 16.5 Å². The molecule has 1 aromatic carbocycles. The summed E-state index contributed by atoms with van der Waals surface area (Å²) in [6.45, 7) is 2.15. The van der Waals surface area contributed by atoms with E-state index in [0.29, 0.717) is 47.3 Å². The zero-order chi connectivity index (χ0) is 13.9. The zero-order valence-corrected chi connectivity index (χ0v) is 10.8. The molecule has 0 unspecified atom stereocenters. The molecule has 0 bridgehead atoms. The molecule has 2 heterocycles. The fourth-order valence-corrected chi connectivity index (χ4v) is 1.79. The van der Waals surface area contributed by atoms with Gasteiger partial charge in [0.05, 0.1) is 5.56 Å². The molecular weight excluding hydrogens is 264 g/mol. The summed E-state index contributed by atoms with van der Waals surface area (Å²) < 4.78 is 21.3. The van der Waals surface area contributed by atoms with E-state index in [4.69, 9.17) is 18.6 Å². The third-order valence-corrected chi connectivity index (χ3v) is 2.79. The van der Waals surface area contributed by atoms with Gasteiger partial charge in [0.2, 0.25) is 12.7 Å². The van der Waals surface area contributed by atoms with Crippen LogP contribution in [0.1, 0.15) is 29.1 Å². The van der Waals surface area contributed by atoms with E-state index in [2.05, 4.69) is 10.2 Å². The number of rotatable bonds is 5. The number of ether oxygens (including phenoxy) is 3. The molecule has 0 N–H and O–H groups in total. The molecule has 0 atom stereocenters. The summed E-state index contributed by atoms with van der Waals surface area (Å²) >= 11 is 0. The Bertz CT molecular complexity index is 638. The number of hydrogen-bond donors (Lipinski definition) is 0. The summed E-state index contributed by atoms with van der Waals surface area (Å²) in [6, 6.07) is 3.19. The maximum Gasteiger partial charge on any atom is 0.253 e. The van der Waals surface area contributed by atoms with Gasteiger partial charge in [0, 0.05) is 12.5 Å². The van der Waals surface area contributed by atoms with Gasteiger partial charge in [-0.2, -0.15) is 0 Å². The number of nitrogens with zero attached hydrogens (tertiary/aromatic N) is 2. The minimum Gasteiger partial charge on any atom is -0.483 e. The Morgan fingerprint density at radius 1 is 1.25 bits per heavy atom. The second kappa shape index (κ2) is 5.20. The molecule has 2 aromatic rings. The van der Waals surface area contributed by atoms with Gasteiger partial charge >= 0.3 is 0 Å². The summed E-state index contributed by atoms with van der Waals surface area (Å²) in [7, 11) is 0. The lowest BCUT2D eigenvalue weighted by Crippen LogP contribution is -1.99. The molecule has 7 nitrogen and oxygen atoms in total. The first-order chi connectivity index (χ1) is 9.80. The smallest absolute Gasteiger partial charge is 0.253 e. The fourth-order valence-electron chi connectivity index (χ4n) is 1.79. The maximum atomic E-state index is 11.1. The Labute approximate surface area is 114 Å². The molecule has 0 saturated carbocycles. The van der Waals surface area contributed by atoms with Gasteiger partial charge in [-0.3, -0.25) is 4.79 Å². The lowest BCUT2D eigenvalue weighted by atomic mass is 10.2. The van der Waals surface area contributed by atoms with Crippen molar-refractivity contribution in [3.63, 3.8) is 0 Å². The first-order valence-corrected chi connectivity index (χ1v) is 6.13. The fraction of sp³-hybridized carbons (Fsp3) is 0.308. The van der Waals surface area contributed by atoms with Crippen LogP contribution in [0.3, 0.4) is 0 Å². The van der Waals surface area contributed by atoms with E-state index < -0.39 is 0 Å². The first kappa shape index (κ1) is 12.5. The summed E-state index contributed by atoms with van der Waals surface area (Å²) in [5, 5.41) is 7.68. The Morgan fingerprint density at radius 2 is 2.00 bits per heavy atom. The van der Waals surface area contributed by atoms with Crippen molar-refractivity contribution >= 4 is 6.29 Å². The molecule has 7 heteroatoms. The van der Waals surface area contributed by atoms with Gasteiger partial charge in [-0.05, 0) is 6.07 Å². The average molecular weight is 276 g/mol. The highest BCUT2D eigenvalue weighted by atomic mass is 16.7. The van der Waals surface area contributed by atoms with Gasteiger partial charge in [0.25, 0.3) is 5.89 Å². The van der Waals surface area contributed by atoms with Crippen molar-refractivity contribution in [2.24, 2.45) is 0 Å². The van der Waals surface area contributed by atoms with E-state index >= 15 is 0 Å². The Morgan fingerprint density at radius 3 is 2.70 bits per heavy atom. The van der Waals surface area contributed by atoms with E-state index in [9.17, 15) is 4.79 Å². The number of benzene rings is 1. The SMILES string of the molecule is CCc1nnc(COc2cc3c(cc2C=O)OCO3)o1. The summed E-state index contributed by atoms with van der Waals surface area (Å²) in [5.74, 6) is 2.37. The van der Waals surface area contributed by atoms with Crippen LogP contribution in [0.25, 0.3) is 0 Å². The van der Waals surface area contributed by atoms with Gasteiger partial charge in [-0.15, -0.1) is 10.2 Å². The number of hydrogen-bond acceptors (Lipinski definition) is 7. The molecular formula is C13H12N2O5. The molecule has 0 amide bonds. The predicted octanol–water partition coefficient (Wildman–Crippen LogP) is 1.75. The minimum absolute atomic E-state index is 0.0908. The second-order valence-electron chi connectivity index (χ2n) is 4.09. The number of fused-ring (bicyclic) bond motifs is 1. The summed E-state index contributed by atoms with van der Waals surface area (Å²) in [5.41, 5.74) is 0.379. The van der Waals surface area contributed by atoms with Gasteiger partial charge in [0.15, 0.2) is 24.4 Å². The number of carbonyl (C=O) groups excluding carboxylic acids is 1. The minimum atomic E-state index is 0.0908. The van der Waals surface area contributed by atoms with Gasteiger partial charge < -0.3 is 18.6 Å². The van der Waals surface area contributed by atoms with Crippen LogP contribution < -0.4 is 14.2 Å². The van der Waals surface area contributed by atoms with Crippen LogP contribution in [0.5, 0.6) is 17.2 Å². The molecule has 0 aliphatic carbocycles. The van der Waals surface area contributed by atoms with E-state index in [1.54, 1.807) is 12.1 Å². The van der Waals surface area contributed by atoms with Crippen LogP contribution in [0, 0.1) is 0 Å². The van der Waals surface area contributed by atoms with Gasteiger partial charge in [0.1, 0.15) is 5.75 Å². The maximum absolute atomic E-state index is 11.1. The molecule has 3 rings (SSSR count). The monoisotopic (exact) mass is 276 g/mol. The molecule has 20 heavy (non-hydrogen) atoms. The van der Waals surface area contributed by atoms with E-state index in [1.165, 1.54) is 0 Å². The van der Waals surface area contributed by atoms with Crippen molar-refractivity contribution < 1.29 is 23.4 Å². The van der Waals surface area contributed by atoms with E-state index in [1.807, 2.05) is 6.92 Å². The zero-order valence-electron chi connectivity index (χ0n) is 10.8. The van der Waals surface area contributed by atoms with Gasteiger partial charge in [-0.25, -0.2) is 0 Å². The molecule has 1 aromatic heterocycles. The molecule has 0 radical (unpaired) electrons. The largest absolute Gasteiger partial charge is 0.483 e. The predicted molar refractivity (Wildman–Crippen MR) is 66.0 cm³/mol. The highest BCUT2D eigenvalue weighted by Gasteiger charge is 2.18. The lowest BCUT2D eigenvalue weighted by Gasteiger charge is -2.07. The van der Waals surface area contributed by atoms with Crippen molar-refractivity contribution in [1.82, 2.24) is 10.2 Å². The lowest BCUT2D eigenvalue weighted by molar-refractivity contribution is 0.111. The quantitative estimate of drug-likeness (QED) is 0.769. The Balaban J connectivity index is 1.78. The van der Waals surface area contributed by atoms with E-state index in [-0.39, 0.29) is 13.4 Å². The highest BCUT2D eigenvalue weighted by Crippen LogP contribution is 2.37. The third kappa shape index (κ3) is 2.29. The normalized spacial score (nSPS) is 12.4. The topological polar surface area (TPSA) is 83.7 Å². The molecule has 0 saturated heterocycles. The van der Waals surface area contributed by atoms with E-state index in [0.717, 1.165) is 0 Å². The third-order valence-electron chi connectivity index (χ3n) is 2.79. The van der Waals surface area contributed by atoms with Crippen molar-refractivity contribution in [2.45, 2.75) is 20.0 Å². The Hall–Kier alpha value is -2.57. The number of carbonyl (C=O) groups is 1. The van der Waals surface area contributed by atoms with Crippen LogP contribution in [-0.2, 0) is 13.0 Å². The second-order valence-corrected chi connectivity index (χ2v) is 4.09. The van der Waals surface area contributed by atoms with Crippen molar-refractivity contribution in [2.75, 3.05) is 6.79 Å². The standard InChI is InChI=1S/C13H12N2O5/c1-2-12-14-15-13(20-12)6-17-9-4-11-10(18-7-19-11)3-8(9)5-16/h3-5H,2,6-7H2,1H3. The average Bonchev–Trinajstić information content (AvgIpc) is 3.12. The number of aryl methyl sites for hydroxylation is 1. The van der Waals surface area contributed by atoms with Crippen molar-refractivity contribution in [3.8, 4) is 17.2 Å². The van der Waals surface area contributed by atoms with Crippen LogP contribution in [0.2, 0.25) is 0 Å². The van der Waals surface area contributed by atoms with Crippen LogP contribution in [0.4, 0.5) is 0 Å². The van der Waals surface area contributed by atoms with Crippen LogP contribution >= 0.6 is 0 Å². The molecule has 1 aliphatic rings. The Kier molecular flexibility index (Phi) is 3.24. The molecule has 0 fully saturated rings. The highest BCUT2D eigenvalue weighted by molar-refractivity contribution is 5.81. The number of aldehydes is 1. The van der Waals surface area contributed by atoms with Gasteiger partial charge in [-0.1, -0.05) is 6.92 Å². The summed E-state index contributed by atoms with van der Waals surface area (Å²) in [6.07, 6.45) is 1.36. The van der Waals surface area contributed by atoms with Crippen molar-refractivity contribution in [3.05, 3.63) is 29.5 Å². The van der Waals surface area contributed by atoms with Crippen molar-refractivity contribution in [1.29, 1.82) is 0 Å². The van der Waals surface area contributed by atoms with Crippen LogP contribution in [-0.4, -0.2) is 23.3 Å².